The van der Waals surface area contributed by atoms with Crippen molar-refractivity contribution in [1.82, 2.24) is 4.98 Å². The zero-order valence-electron chi connectivity index (χ0n) is 9.95. The lowest BCUT2D eigenvalue weighted by Gasteiger charge is -2.31. The van der Waals surface area contributed by atoms with E-state index in [0.717, 1.165) is 11.3 Å². The monoisotopic (exact) mass is 208 g/mol. The van der Waals surface area contributed by atoms with E-state index in [9.17, 15) is 0 Å². The molecule has 0 saturated heterocycles. The fourth-order valence-electron chi connectivity index (χ4n) is 1.53. The second kappa shape index (κ2) is 4.73. The Hall–Kier alpha value is -0.930. The maximum absolute atomic E-state index is 6.14. The molecule has 1 unspecified atom stereocenters. The van der Waals surface area contributed by atoms with Crippen molar-refractivity contribution >= 4 is 0 Å². The Balaban J connectivity index is 2.84. The Kier molecular flexibility index (Phi) is 3.83. The molecular weight excluding hydrogens is 188 g/mol. The van der Waals surface area contributed by atoms with Crippen LogP contribution in [-0.2, 0) is 4.74 Å². The highest BCUT2D eigenvalue weighted by molar-refractivity contribution is 5.19. The second-order valence-electron chi connectivity index (χ2n) is 4.25. The van der Waals surface area contributed by atoms with Gasteiger partial charge in [0.1, 0.15) is 0 Å². The summed E-state index contributed by atoms with van der Waals surface area (Å²) in [4.78, 5) is 4.24. The molecule has 15 heavy (non-hydrogen) atoms. The van der Waals surface area contributed by atoms with Gasteiger partial charge in [-0.3, -0.25) is 4.98 Å². The summed E-state index contributed by atoms with van der Waals surface area (Å²) in [5, 5.41) is 0. The normalized spacial score (nSPS) is 13.9. The van der Waals surface area contributed by atoms with E-state index in [2.05, 4.69) is 4.98 Å². The molecule has 0 radical (unpaired) electrons. The van der Waals surface area contributed by atoms with Crippen LogP contribution in [0, 0.1) is 6.92 Å². The van der Waals surface area contributed by atoms with Gasteiger partial charge in [-0.25, -0.2) is 0 Å². The first-order valence-electron chi connectivity index (χ1n) is 5.29. The topological polar surface area (TPSA) is 48.1 Å². The number of nitrogens with two attached hydrogens (primary N) is 1. The summed E-state index contributed by atoms with van der Waals surface area (Å²) in [5.41, 5.74) is 7.80. The Morgan fingerprint density at radius 3 is 2.60 bits per heavy atom. The van der Waals surface area contributed by atoms with E-state index in [1.54, 1.807) is 0 Å². The lowest BCUT2D eigenvalue weighted by atomic mass is 9.93. The molecule has 2 N–H and O–H groups in total. The van der Waals surface area contributed by atoms with Crippen molar-refractivity contribution in [3.05, 3.63) is 29.6 Å². The third kappa shape index (κ3) is 3.01. The van der Waals surface area contributed by atoms with Gasteiger partial charge in [-0.2, -0.15) is 0 Å². The molecule has 0 aromatic carbocycles. The molecule has 1 rings (SSSR count). The molecule has 3 nitrogen and oxygen atoms in total. The summed E-state index contributed by atoms with van der Waals surface area (Å²) in [5.74, 6) is 0. The fraction of sp³-hybridized carbons (Fsp3) is 0.583. The van der Waals surface area contributed by atoms with Crippen LogP contribution in [-0.4, -0.2) is 17.2 Å². The van der Waals surface area contributed by atoms with Gasteiger partial charge in [-0.15, -0.1) is 0 Å². The molecule has 1 aromatic rings. The number of hydrogen-bond donors (Lipinski definition) is 1. The van der Waals surface area contributed by atoms with E-state index in [0.29, 0.717) is 6.61 Å². The average molecular weight is 208 g/mol. The molecule has 0 spiro atoms. The minimum Gasteiger partial charge on any atom is -0.374 e. The molecule has 0 aliphatic heterocycles. The van der Waals surface area contributed by atoms with Crippen LogP contribution in [0.1, 0.15) is 38.1 Å². The summed E-state index contributed by atoms with van der Waals surface area (Å²) < 4.78 is 5.62. The van der Waals surface area contributed by atoms with Crippen LogP contribution in [0.3, 0.4) is 0 Å². The molecule has 1 aromatic heterocycles. The van der Waals surface area contributed by atoms with Crippen molar-refractivity contribution in [2.45, 2.75) is 39.3 Å². The predicted octanol–water partition coefficient (Wildman–Crippen LogP) is 2.20. The van der Waals surface area contributed by atoms with Crippen LogP contribution in [0.15, 0.2) is 18.3 Å². The maximum Gasteiger partial charge on any atom is 0.0818 e. The van der Waals surface area contributed by atoms with E-state index in [1.807, 2.05) is 46.0 Å². The summed E-state index contributed by atoms with van der Waals surface area (Å²) in [6.07, 6.45) is 1.82. The molecule has 0 amide bonds. The van der Waals surface area contributed by atoms with E-state index in [4.69, 9.17) is 10.5 Å². The van der Waals surface area contributed by atoms with Crippen LogP contribution in [0.2, 0.25) is 0 Å². The van der Waals surface area contributed by atoms with E-state index in [-0.39, 0.29) is 11.6 Å². The first-order chi connectivity index (χ1) is 6.97. The third-order valence-electron chi connectivity index (χ3n) is 2.56. The largest absolute Gasteiger partial charge is 0.374 e. The van der Waals surface area contributed by atoms with Gasteiger partial charge in [0, 0.05) is 18.5 Å². The molecule has 0 bridgehead atoms. The van der Waals surface area contributed by atoms with Gasteiger partial charge in [0.15, 0.2) is 0 Å². The minimum atomic E-state index is -0.355. The highest BCUT2D eigenvalue weighted by atomic mass is 16.5. The molecule has 0 saturated carbocycles. The van der Waals surface area contributed by atoms with Gasteiger partial charge >= 0.3 is 0 Å². The number of ether oxygens (including phenoxy) is 1. The van der Waals surface area contributed by atoms with Crippen LogP contribution < -0.4 is 5.73 Å². The molecule has 0 aliphatic rings. The second-order valence-corrected chi connectivity index (χ2v) is 4.25. The van der Waals surface area contributed by atoms with E-state index in [1.165, 1.54) is 0 Å². The van der Waals surface area contributed by atoms with Crippen LogP contribution in [0.5, 0.6) is 0 Å². The minimum absolute atomic E-state index is 0.148. The van der Waals surface area contributed by atoms with Gasteiger partial charge in [0.2, 0.25) is 0 Å². The zero-order valence-corrected chi connectivity index (χ0v) is 9.95. The van der Waals surface area contributed by atoms with Crippen LogP contribution >= 0.6 is 0 Å². The van der Waals surface area contributed by atoms with Crippen molar-refractivity contribution < 1.29 is 4.74 Å². The Morgan fingerprint density at radius 1 is 1.47 bits per heavy atom. The molecule has 3 heteroatoms. The van der Waals surface area contributed by atoms with Crippen LogP contribution in [0.25, 0.3) is 0 Å². The maximum atomic E-state index is 6.14. The molecule has 0 aliphatic carbocycles. The summed E-state index contributed by atoms with van der Waals surface area (Å²) in [7, 11) is 0. The number of rotatable bonds is 4. The lowest BCUT2D eigenvalue weighted by molar-refractivity contribution is -0.0298. The van der Waals surface area contributed by atoms with Gasteiger partial charge in [0.05, 0.1) is 11.6 Å². The molecule has 0 fully saturated rings. The molecular formula is C12H20N2O. The van der Waals surface area contributed by atoms with Crippen molar-refractivity contribution in [3.63, 3.8) is 0 Å². The van der Waals surface area contributed by atoms with Gasteiger partial charge in [0.25, 0.3) is 0 Å². The van der Waals surface area contributed by atoms with E-state index < -0.39 is 0 Å². The number of aromatic nitrogens is 1. The smallest absolute Gasteiger partial charge is 0.0818 e. The molecule has 84 valence electrons. The molecule has 1 atom stereocenters. The SMILES string of the molecule is CCOC(C)(C)C(N)c1ccc(C)nc1. The van der Waals surface area contributed by atoms with Crippen molar-refractivity contribution in [2.24, 2.45) is 5.73 Å². The Labute approximate surface area is 91.7 Å². The highest BCUT2D eigenvalue weighted by Crippen LogP contribution is 2.25. The fourth-order valence-corrected chi connectivity index (χ4v) is 1.53. The average Bonchev–Trinajstić information content (AvgIpc) is 2.18. The predicted molar refractivity (Wildman–Crippen MR) is 61.6 cm³/mol. The highest BCUT2D eigenvalue weighted by Gasteiger charge is 2.28. The van der Waals surface area contributed by atoms with E-state index >= 15 is 0 Å². The Morgan fingerprint density at radius 2 is 2.13 bits per heavy atom. The third-order valence-corrected chi connectivity index (χ3v) is 2.56. The first-order valence-corrected chi connectivity index (χ1v) is 5.29. The van der Waals surface area contributed by atoms with Crippen molar-refractivity contribution in [3.8, 4) is 0 Å². The first kappa shape index (κ1) is 12.1. The van der Waals surface area contributed by atoms with Gasteiger partial charge in [-0.1, -0.05) is 6.07 Å². The van der Waals surface area contributed by atoms with Gasteiger partial charge < -0.3 is 10.5 Å². The van der Waals surface area contributed by atoms with Gasteiger partial charge in [-0.05, 0) is 39.3 Å². The van der Waals surface area contributed by atoms with Crippen molar-refractivity contribution in [2.75, 3.05) is 6.61 Å². The zero-order chi connectivity index (χ0) is 11.5. The summed E-state index contributed by atoms with van der Waals surface area (Å²) in [6, 6.07) is 3.83. The standard InChI is InChI=1S/C12H20N2O/c1-5-15-12(3,4)11(13)10-7-6-9(2)14-8-10/h6-8,11H,5,13H2,1-4H3. The summed E-state index contributed by atoms with van der Waals surface area (Å²) in [6.45, 7) is 8.60. The number of aryl methyl sites for hydroxylation is 1. The Bertz CT molecular complexity index is 306. The van der Waals surface area contributed by atoms with Crippen LogP contribution in [0.4, 0.5) is 0 Å². The van der Waals surface area contributed by atoms with Crippen molar-refractivity contribution in [1.29, 1.82) is 0 Å². The number of hydrogen-bond acceptors (Lipinski definition) is 3. The number of nitrogens with zero attached hydrogens (tertiary/aromatic N) is 1. The summed E-state index contributed by atoms with van der Waals surface area (Å²) >= 11 is 0. The quantitative estimate of drug-likeness (QED) is 0.825. The number of pyridine rings is 1. The molecule has 1 heterocycles. The lowest BCUT2D eigenvalue weighted by Crippen LogP contribution is -2.38.